The van der Waals surface area contributed by atoms with Gasteiger partial charge in [-0.05, 0) is 36.4 Å². The number of primary amides is 1. The smallest absolute Gasteiger partial charge is 0.310 e. The van der Waals surface area contributed by atoms with Crippen LogP contribution in [-0.2, 0) is 25.5 Å². The van der Waals surface area contributed by atoms with Gasteiger partial charge in [0.1, 0.15) is 5.82 Å². The molecule has 2 aromatic carbocycles. The molecule has 0 saturated carbocycles. The molecule has 0 aliphatic rings. The third kappa shape index (κ3) is 6.21. The fraction of sp³-hybridized carbons (Fsp3) is 0.211. The summed E-state index contributed by atoms with van der Waals surface area (Å²) in [6.07, 6.45) is -0.310. The molecule has 148 valence electrons. The summed E-state index contributed by atoms with van der Waals surface area (Å²) in [6.45, 7) is -0.606. The molecule has 0 radical (unpaired) electrons. The van der Waals surface area contributed by atoms with E-state index in [4.69, 9.17) is 33.7 Å². The Morgan fingerprint density at radius 2 is 1.64 bits per heavy atom. The van der Waals surface area contributed by atoms with E-state index >= 15 is 0 Å². The van der Waals surface area contributed by atoms with E-state index in [0.29, 0.717) is 21.3 Å². The molecule has 0 saturated heterocycles. The second kappa shape index (κ2) is 10.1. The Balaban J connectivity index is 2.03. The predicted molar refractivity (Wildman–Crippen MR) is 104 cm³/mol. The standard InChI is InChI=1S/C19H17Cl2FN2O4/c20-15-2-1-3-16(21)14(15)10-19(27)28-11-18(26)24(9-8-17(23)25)13-6-4-12(22)5-7-13/h1-7H,8-11H2,(H2,23,25). The van der Waals surface area contributed by atoms with Gasteiger partial charge in [-0.15, -0.1) is 0 Å². The van der Waals surface area contributed by atoms with Crippen LogP contribution in [0.25, 0.3) is 0 Å². The van der Waals surface area contributed by atoms with Gasteiger partial charge in [0, 0.05) is 34.3 Å². The van der Waals surface area contributed by atoms with Gasteiger partial charge in [-0.3, -0.25) is 14.4 Å². The number of carbonyl (C=O) groups is 3. The van der Waals surface area contributed by atoms with E-state index in [0.717, 1.165) is 0 Å². The highest BCUT2D eigenvalue weighted by atomic mass is 35.5. The van der Waals surface area contributed by atoms with Crippen molar-refractivity contribution in [1.82, 2.24) is 0 Å². The number of rotatable bonds is 8. The summed E-state index contributed by atoms with van der Waals surface area (Å²) < 4.78 is 18.1. The maximum atomic E-state index is 13.1. The lowest BCUT2D eigenvalue weighted by Crippen LogP contribution is -2.37. The van der Waals surface area contributed by atoms with Crippen molar-refractivity contribution in [3.05, 3.63) is 63.9 Å². The third-order valence-corrected chi connectivity index (χ3v) is 4.47. The van der Waals surface area contributed by atoms with E-state index in [2.05, 4.69) is 0 Å². The Morgan fingerprint density at radius 1 is 1.04 bits per heavy atom. The van der Waals surface area contributed by atoms with Crippen LogP contribution in [0.1, 0.15) is 12.0 Å². The van der Waals surface area contributed by atoms with E-state index < -0.39 is 30.2 Å². The number of amides is 2. The SMILES string of the molecule is NC(=O)CCN(C(=O)COC(=O)Cc1c(Cl)cccc1Cl)c1ccc(F)cc1. The summed E-state index contributed by atoms with van der Waals surface area (Å²) >= 11 is 12.0. The van der Waals surface area contributed by atoms with Crippen LogP contribution < -0.4 is 10.6 Å². The van der Waals surface area contributed by atoms with Crippen molar-refractivity contribution in [1.29, 1.82) is 0 Å². The molecule has 0 heterocycles. The molecule has 0 bridgehead atoms. The summed E-state index contributed by atoms with van der Waals surface area (Å²) in [5.74, 6) is -2.37. The number of nitrogens with two attached hydrogens (primary N) is 1. The number of anilines is 1. The molecule has 0 aliphatic heterocycles. The van der Waals surface area contributed by atoms with Gasteiger partial charge in [0.2, 0.25) is 5.91 Å². The molecular weight excluding hydrogens is 410 g/mol. The molecule has 2 aromatic rings. The molecule has 0 spiro atoms. The van der Waals surface area contributed by atoms with Crippen molar-refractivity contribution in [2.45, 2.75) is 12.8 Å². The highest BCUT2D eigenvalue weighted by Crippen LogP contribution is 2.25. The molecule has 28 heavy (non-hydrogen) atoms. The first-order valence-corrected chi connectivity index (χ1v) is 8.96. The number of benzene rings is 2. The Morgan fingerprint density at radius 3 is 2.21 bits per heavy atom. The van der Waals surface area contributed by atoms with Crippen LogP contribution in [0.3, 0.4) is 0 Å². The van der Waals surface area contributed by atoms with Crippen LogP contribution in [0.5, 0.6) is 0 Å². The Bertz CT molecular complexity index is 854. The number of carbonyl (C=O) groups excluding carboxylic acids is 3. The highest BCUT2D eigenvalue weighted by molar-refractivity contribution is 6.36. The number of hydrogen-bond donors (Lipinski definition) is 1. The lowest BCUT2D eigenvalue weighted by molar-refractivity contribution is -0.147. The molecule has 0 aromatic heterocycles. The molecule has 0 atom stereocenters. The normalized spacial score (nSPS) is 10.4. The fourth-order valence-corrected chi connectivity index (χ4v) is 2.89. The van der Waals surface area contributed by atoms with Gasteiger partial charge in [0.25, 0.3) is 5.91 Å². The summed E-state index contributed by atoms with van der Waals surface area (Å²) in [5, 5.41) is 0.621. The lowest BCUT2D eigenvalue weighted by Gasteiger charge is -2.22. The first-order valence-electron chi connectivity index (χ1n) is 8.20. The number of hydrogen-bond acceptors (Lipinski definition) is 4. The van der Waals surface area contributed by atoms with E-state index in [1.54, 1.807) is 18.2 Å². The number of esters is 1. The Kier molecular flexibility index (Phi) is 7.78. The second-order valence-corrected chi connectivity index (χ2v) is 6.59. The van der Waals surface area contributed by atoms with Crippen molar-refractivity contribution >= 4 is 46.7 Å². The molecule has 0 unspecified atom stereocenters. The van der Waals surface area contributed by atoms with Gasteiger partial charge >= 0.3 is 5.97 Å². The summed E-state index contributed by atoms with van der Waals surface area (Å²) in [4.78, 5) is 36.8. The first kappa shape index (κ1) is 21.7. The van der Waals surface area contributed by atoms with Gasteiger partial charge in [-0.2, -0.15) is 0 Å². The average Bonchev–Trinajstić information content (AvgIpc) is 2.64. The highest BCUT2D eigenvalue weighted by Gasteiger charge is 2.19. The largest absolute Gasteiger partial charge is 0.455 e. The van der Waals surface area contributed by atoms with E-state index in [1.807, 2.05) is 0 Å². The van der Waals surface area contributed by atoms with Crippen LogP contribution in [0.2, 0.25) is 10.0 Å². The topological polar surface area (TPSA) is 89.7 Å². The van der Waals surface area contributed by atoms with Gasteiger partial charge in [-0.25, -0.2) is 4.39 Å². The summed E-state index contributed by atoms with van der Waals surface area (Å²) in [5.41, 5.74) is 5.87. The Labute approximate surface area is 171 Å². The third-order valence-electron chi connectivity index (χ3n) is 3.76. The minimum atomic E-state index is -0.697. The molecule has 2 amide bonds. The monoisotopic (exact) mass is 426 g/mol. The zero-order valence-electron chi connectivity index (χ0n) is 14.7. The fourth-order valence-electron chi connectivity index (χ4n) is 2.36. The molecule has 2 rings (SSSR count). The number of nitrogens with zero attached hydrogens (tertiary/aromatic N) is 1. The van der Waals surface area contributed by atoms with Gasteiger partial charge in [0.15, 0.2) is 6.61 Å². The predicted octanol–water partition coefficient (Wildman–Crippen LogP) is 3.13. The van der Waals surface area contributed by atoms with E-state index in [1.165, 1.54) is 29.2 Å². The van der Waals surface area contributed by atoms with Crippen molar-refractivity contribution in [3.63, 3.8) is 0 Å². The van der Waals surface area contributed by atoms with Crippen LogP contribution in [0.15, 0.2) is 42.5 Å². The minimum absolute atomic E-state index is 0.0340. The second-order valence-electron chi connectivity index (χ2n) is 5.78. The zero-order valence-corrected chi connectivity index (χ0v) is 16.2. The lowest BCUT2D eigenvalue weighted by atomic mass is 10.1. The maximum Gasteiger partial charge on any atom is 0.310 e. The van der Waals surface area contributed by atoms with Crippen LogP contribution in [0, 0.1) is 5.82 Å². The van der Waals surface area contributed by atoms with Gasteiger partial charge in [-0.1, -0.05) is 29.3 Å². The van der Waals surface area contributed by atoms with Crippen molar-refractivity contribution in [2.75, 3.05) is 18.1 Å². The molecule has 9 heteroatoms. The van der Waals surface area contributed by atoms with Gasteiger partial charge in [0.05, 0.1) is 6.42 Å². The quantitative estimate of drug-likeness (QED) is 0.656. The number of halogens is 3. The molecular formula is C19H17Cl2FN2O4. The molecule has 6 nitrogen and oxygen atoms in total. The Hall–Kier alpha value is -2.64. The van der Waals surface area contributed by atoms with Crippen LogP contribution in [0.4, 0.5) is 10.1 Å². The number of ether oxygens (including phenoxy) is 1. The van der Waals surface area contributed by atoms with Crippen molar-refractivity contribution in [3.8, 4) is 0 Å². The first-order chi connectivity index (χ1) is 13.3. The molecule has 0 fully saturated rings. The zero-order chi connectivity index (χ0) is 20.7. The maximum absolute atomic E-state index is 13.1. The summed E-state index contributed by atoms with van der Waals surface area (Å²) in [6, 6.07) is 9.90. The van der Waals surface area contributed by atoms with E-state index in [-0.39, 0.29) is 19.4 Å². The van der Waals surface area contributed by atoms with Crippen molar-refractivity contribution < 1.29 is 23.5 Å². The van der Waals surface area contributed by atoms with Crippen LogP contribution >= 0.6 is 23.2 Å². The molecule has 2 N–H and O–H groups in total. The van der Waals surface area contributed by atoms with Crippen LogP contribution in [-0.4, -0.2) is 30.9 Å². The van der Waals surface area contributed by atoms with E-state index in [9.17, 15) is 18.8 Å². The minimum Gasteiger partial charge on any atom is -0.455 e. The molecule has 0 aliphatic carbocycles. The van der Waals surface area contributed by atoms with Crippen molar-refractivity contribution in [2.24, 2.45) is 5.73 Å². The van der Waals surface area contributed by atoms with Gasteiger partial charge < -0.3 is 15.4 Å². The average molecular weight is 427 g/mol. The summed E-state index contributed by atoms with van der Waals surface area (Å²) in [7, 11) is 0.